The first-order valence-corrected chi connectivity index (χ1v) is 9.29. The van der Waals surface area contributed by atoms with E-state index in [2.05, 4.69) is 27.4 Å². The van der Waals surface area contributed by atoms with Crippen LogP contribution in [0.3, 0.4) is 0 Å². The predicted molar refractivity (Wildman–Crippen MR) is 99.2 cm³/mol. The van der Waals surface area contributed by atoms with Gasteiger partial charge >= 0.3 is 0 Å². The number of nitrogens with zero attached hydrogens (tertiary/aromatic N) is 2. The van der Waals surface area contributed by atoms with Gasteiger partial charge in [0.1, 0.15) is 22.7 Å². The van der Waals surface area contributed by atoms with Crippen molar-refractivity contribution in [2.24, 2.45) is 0 Å². The van der Waals surface area contributed by atoms with Gasteiger partial charge in [-0.2, -0.15) is 0 Å². The van der Waals surface area contributed by atoms with Crippen molar-refractivity contribution < 1.29 is 4.74 Å². The molecule has 124 valence electrons. The van der Waals surface area contributed by atoms with Gasteiger partial charge in [-0.3, -0.25) is 0 Å². The Hall–Kier alpha value is -2.14. The third kappa shape index (κ3) is 2.96. The highest BCUT2D eigenvalue weighted by atomic mass is 32.1. The van der Waals surface area contributed by atoms with Gasteiger partial charge in [0.2, 0.25) is 0 Å². The van der Waals surface area contributed by atoms with E-state index in [9.17, 15) is 0 Å². The van der Waals surface area contributed by atoms with Crippen LogP contribution in [0.1, 0.15) is 28.8 Å². The maximum absolute atomic E-state index is 5.20. The molecule has 4 nitrogen and oxygen atoms in total. The number of hydrogen-bond acceptors (Lipinski definition) is 5. The fourth-order valence-corrected chi connectivity index (χ4v) is 4.57. The average Bonchev–Trinajstić information content (AvgIpc) is 3.02. The van der Waals surface area contributed by atoms with Crippen molar-refractivity contribution in [1.29, 1.82) is 0 Å². The summed E-state index contributed by atoms with van der Waals surface area (Å²) in [5.74, 6) is 1.89. The lowest BCUT2D eigenvalue weighted by Crippen LogP contribution is -2.08. The van der Waals surface area contributed by atoms with Crippen molar-refractivity contribution in [3.8, 4) is 5.75 Å². The molecule has 1 aromatic carbocycles. The molecule has 0 aliphatic heterocycles. The van der Waals surface area contributed by atoms with Crippen LogP contribution in [-0.2, 0) is 19.3 Å². The highest BCUT2D eigenvalue weighted by molar-refractivity contribution is 7.19. The monoisotopic (exact) mass is 339 g/mol. The second kappa shape index (κ2) is 6.77. The van der Waals surface area contributed by atoms with Gasteiger partial charge in [-0.1, -0.05) is 12.1 Å². The molecule has 1 N–H and O–H groups in total. The van der Waals surface area contributed by atoms with Gasteiger partial charge in [0, 0.05) is 11.4 Å². The largest absolute Gasteiger partial charge is 0.497 e. The standard InChI is InChI=1S/C19H21N3OS/c1-23-14-8-6-13(7-9-14)10-11-20-18-17-15-4-2-3-5-16(15)24-19(17)22-12-21-18/h6-9,12H,2-5,10-11H2,1H3,(H,20,21,22). The van der Waals surface area contributed by atoms with Gasteiger partial charge in [-0.15, -0.1) is 11.3 Å². The Labute approximate surface area is 145 Å². The molecule has 0 amide bonds. The van der Waals surface area contributed by atoms with Crippen LogP contribution in [0.25, 0.3) is 10.2 Å². The molecule has 3 aromatic rings. The second-order valence-corrected chi connectivity index (χ2v) is 7.22. The molecule has 0 atom stereocenters. The molecule has 24 heavy (non-hydrogen) atoms. The summed E-state index contributed by atoms with van der Waals surface area (Å²) in [5, 5.41) is 4.78. The predicted octanol–water partition coefficient (Wildman–Crippen LogP) is 4.23. The summed E-state index contributed by atoms with van der Waals surface area (Å²) in [4.78, 5) is 11.6. The van der Waals surface area contributed by atoms with Gasteiger partial charge in [0.05, 0.1) is 12.5 Å². The molecular weight excluding hydrogens is 318 g/mol. The zero-order chi connectivity index (χ0) is 16.4. The lowest BCUT2D eigenvalue weighted by Gasteiger charge is -2.12. The number of methoxy groups -OCH3 is 1. The highest BCUT2D eigenvalue weighted by Gasteiger charge is 2.19. The molecule has 0 bridgehead atoms. The summed E-state index contributed by atoms with van der Waals surface area (Å²) >= 11 is 1.84. The van der Waals surface area contributed by atoms with Gasteiger partial charge in [-0.05, 0) is 55.4 Å². The number of aryl methyl sites for hydroxylation is 2. The first kappa shape index (κ1) is 15.4. The Bertz CT molecular complexity index is 842. The third-order valence-corrected chi connectivity index (χ3v) is 5.82. The minimum Gasteiger partial charge on any atom is -0.497 e. The van der Waals surface area contributed by atoms with Crippen LogP contribution in [0.4, 0.5) is 5.82 Å². The molecule has 0 saturated heterocycles. The fourth-order valence-electron chi connectivity index (χ4n) is 3.34. The Morgan fingerprint density at radius 2 is 1.96 bits per heavy atom. The van der Waals surface area contributed by atoms with E-state index in [1.165, 1.54) is 40.7 Å². The van der Waals surface area contributed by atoms with Crippen LogP contribution in [0.2, 0.25) is 0 Å². The lowest BCUT2D eigenvalue weighted by molar-refractivity contribution is 0.414. The molecule has 0 radical (unpaired) electrons. The van der Waals surface area contributed by atoms with E-state index >= 15 is 0 Å². The lowest BCUT2D eigenvalue weighted by atomic mass is 9.97. The molecule has 1 aliphatic rings. The Morgan fingerprint density at radius 1 is 1.12 bits per heavy atom. The van der Waals surface area contributed by atoms with Gasteiger partial charge in [0.15, 0.2) is 0 Å². The fraction of sp³-hybridized carbons (Fsp3) is 0.368. The molecule has 0 saturated carbocycles. The summed E-state index contributed by atoms with van der Waals surface area (Å²) < 4.78 is 5.20. The molecule has 2 heterocycles. The summed E-state index contributed by atoms with van der Waals surface area (Å²) in [6.45, 7) is 0.864. The minimum absolute atomic E-state index is 0.864. The number of hydrogen-bond donors (Lipinski definition) is 1. The van der Waals surface area contributed by atoms with E-state index in [0.29, 0.717) is 0 Å². The van der Waals surface area contributed by atoms with E-state index in [1.807, 2.05) is 23.5 Å². The minimum atomic E-state index is 0.864. The zero-order valence-electron chi connectivity index (χ0n) is 13.8. The Balaban J connectivity index is 1.50. The van der Waals surface area contributed by atoms with Crippen LogP contribution >= 0.6 is 11.3 Å². The van der Waals surface area contributed by atoms with Gasteiger partial charge in [0.25, 0.3) is 0 Å². The maximum atomic E-state index is 5.20. The molecule has 4 rings (SSSR count). The summed E-state index contributed by atoms with van der Waals surface area (Å²) in [6, 6.07) is 8.24. The number of nitrogens with one attached hydrogen (secondary N) is 1. The number of thiophene rings is 1. The number of aromatic nitrogens is 2. The van der Waals surface area contributed by atoms with Crippen molar-refractivity contribution in [1.82, 2.24) is 9.97 Å². The van der Waals surface area contributed by atoms with Crippen LogP contribution in [-0.4, -0.2) is 23.6 Å². The van der Waals surface area contributed by atoms with E-state index < -0.39 is 0 Å². The molecule has 2 aromatic heterocycles. The number of fused-ring (bicyclic) bond motifs is 3. The van der Waals surface area contributed by atoms with E-state index in [0.717, 1.165) is 35.8 Å². The summed E-state index contributed by atoms with van der Waals surface area (Å²) in [5.41, 5.74) is 2.77. The van der Waals surface area contributed by atoms with Gasteiger partial charge in [-0.25, -0.2) is 9.97 Å². The first-order valence-electron chi connectivity index (χ1n) is 8.47. The Kier molecular flexibility index (Phi) is 4.34. The third-order valence-electron chi connectivity index (χ3n) is 4.62. The molecule has 0 unspecified atom stereocenters. The highest BCUT2D eigenvalue weighted by Crippen LogP contribution is 2.38. The van der Waals surface area contributed by atoms with Crippen LogP contribution in [0, 0.1) is 0 Å². The smallest absolute Gasteiger partial charge is 0.138 e. The van der Waals surface area contributed by atoms with Crippen molar-refractivity contribution >= 4 is 27.4 Å². The van der Waals surface area contributed by atoms with E-state index in [1.54, 1.807) is 13.4 Å². The van der Waals surface area contributed by atoms with Crippen molar-refractivity contribution in [2.45, 2.75) is 32.1 Å². The topological polar surface area (TPSA) is 47.0 Å². The summed E-state index contributed by atoms with van der Waals surface area (Å²) in [6.07, 6.45) is 7.58. The van der Waals surface area contributed by atoms with Crippen LogP contribution in [0.5, 0.6) is 5.75 Å². The SMILES string of the molecule is COc1ccc(CCNc2ncnc3sc4c(c23)CCCC4)cc1. The number of anilines is 1. The molecule has 0 fully saturated rings. The van der Waals surface area contributed by atoms with E-state index in [-0.39, 0.29) is 0 Å². The zero-order valence-corrected chi connectivity index (χ0v) is 14.7. The molecular formula is C19H21N3OS. The Morgan fingerprint density at radius 3 is 2.79 bits per heavy atom. The van der Waals surface area contributed by atoms with Crippen LogP contribution in [0.15, 0.2) is 30.6 Å². The van der Waals surface area contributed by atoms with E-state index in [4.69, 9.17) is 4.74 Å². The number of ether oxygens (including phenoxy) is 1. The quantitative estimate of drug-likeness (QED) is 0.755. The molecule has 1 aliphatic carbocycles. The number of rotatable bonds is 5. The second-order valence-electron chi connectivity index (χ2n) is 6.14. The normalized spacial score (nSPS) is 13.7. The van der Waals surface area contributed by atoms with Crippen molar-refractivity contribution in [3.63, 3.8) is 0 Å². The summed E-state index contributed by atoms with van der Waals surface area (Å²) in [7, 11) is 1.69. The van der Waals surface area contributed by atoms with Gasteiger partial charge < -0.3 is 10.1 Å². The molecule has 0 spiro atoms. The van der Waals surface area contributed by atoms with Crippen LogP contribution < -0.4 is 10.1 Å². The van der Waals surface area contributed by atoms with Crippen molar-refractivity contribution in [2.75, 3.05) is 19.0 Å². The molecule has 5 heteroatoms. The number of benzene rings is 1. The van der Waals surface area contributed by atoms with Crippen molar-refractivity contribution in [3.05, 3.63) is 46.6 Å². The maximum Gasteiger partial charge on any atom is 0.138 e. The average molecular weight is 339 g/mol. The first-order chi connectivity index (χ1) is 11.8.